The van der Waals surface area contributed by atoms with Crippen molar-refractivity contribution in [1.29, 1.82) is 0 Å². The van der Waals surface area contributed by atoms with Crippen LogP contribution in [0.5, 0.6) is 0 Å². The van der Waals surface area contributed by atoms with E-state index in [-0.39, 0.29) is 58.6 Å². The van der Waals surface area contributed by atoms with Gasteiger partial charge in [-0.1, -0.05) is 27.7 Å². The van der Waals surface area contributed by atoms with Crippen LogP contribution in [-0.2, 0) is 0 Å². The van der Waals surface area contributed by atoms with Crippen LogP contribution in [0.3, 0.4) is 0 Å². The van der Waals surface area contributed by atoms with Crippen LogP contribution in [0.1, 0.15) is 32.0 Å². The van der Waals surface area contributed by atoms with Gasteiger partial charge in [0.15, 0.2) is 0 Å². The summed E-state index contributed by atoms with van der Waals surface area (Å²) in [6, 6.07) is 1.25. The predicted molar refractivity (Wildman–Crippen MR) is 49.7 cm³/mol. The maximum absolute atomic E-state index is 3.31. The van der Waals surface area contributed by atoms with Crippen LogP contribution in [0.2, 0.25) is 0 Å². The third-order valence-electron chi connectivity index (χ3n) is 0.667. The summed E-state index contributed by atoms with van der Waals surface area (Å²) in [5, 5.41) is 3.31. The molecule has 0 aliphatic heterocycles. The zero-order valence-corrected chi connectivity index (χ0v) is 10.0. The van der Waals surface area contributed by atoms with Crippen LogP contribution in [0, 0.1) is 0 Å². The Kier molecular flexibility index (Phi) is 29.8. The maximum atomic E-state index is 3.31. The first-order valence-corrected chi connectivity index (χ1v) is 2.89. The molecule has 0 spiro atoms. The summed E-state index contributed by atoms with van der Waals surface area (Å²) in [5.41, 5.74) is 0. The van der Waals surface area contributed by atoms with E-state index in [1.54, 1.807) is 0 Å². The summed E-state index contributed by atoms with van der Waals surface area (Å²) < 4.78 is 0. The standard InChI is InChI=1S/C6H15N.ClH.Li.Mg.3H/c1-5(2)7-6(3)4;;;;;;/h5-7H,1-4H3;1H;;;;;/q;;+1;+2;3*-1. The van der Waals surface area contributed by atoms with Crippen LogP contribution in [-0.4, -0.2) is 35.1 Å². The topological polar surface area (TPSA) is 12.0 Å². The third kappa shape index (κ3) is 22.6. The first-order valence-electron chi connectivity index (χ1n) is 2.89. The van der Waals surface area contributed by atoms with Gasteiger partial charge in [-0.05, 0) is 0 Å². The Hall–Kier alpha value is 1.61. The Morgan fingerprint density at radius 1 is 1.00 bits per heavy atom. The Balaban J connectivity index is -0.0000000120. The van der Waals surface area contributed by atoms with Gasteiger partial charge in [0.1, 0.15) is 0 Å². The molecule has 0 aliphatic carbocycles. The molecule has 58 valence electrons. The van der Waals surface area contributed by atoms with Crippen LogP contribution in [0.15, 0.2) is 0 Å². The largest absolute Gasteiger partial charge is 2.00 e. The molecule has 0 bridgehead atoms. The summed E-state index contributed by atoms with van der Waals surface area (Å²) in [7, 11) is 0. The van der Waals surface area contributed by atoms with Gasteiger partial charge in [-0.2, -0.15) is 0 Å². The molecule has 0 saturated carbocycles. The molecule has 0 atom stereocenters. The fraction of sp³-hybridized carbons (Fsp3) is 1.00. The normalized spacial score (nSPS) is 7.80. The Morgan fingerprint density at radius 2 is 1.20 bits per heavy atom. The van der Waals surface area contributed by atoms with Crippen LogP contribution < -0.4 is 24.2 Å². The second-order valence-corrected chi connectivity index (χ2v) is 2.48. The molecule has 0 amide bonds. The Bertz CT molecular complexity index is 57.1. The fourth-order valence-corrected chi connectivity index (χ4v) is 0.667. The Labute approximate surface area is 103 Å². The molecular formula is C6H19ClLiMgN. The molecule has 0 unspecified atom stereocenters. The van der Waals surface area contributed by atoms with Gasteiger partial charge < -0.3 is 9.60 Å². The van der Waals surface area contributed by atoms with Crippen LogP contribution in [0.4, 0.5) is 0 Å². The predicted octanol–water partition coefficient (Wildman–Crippen LogP) is -1.22. The molecule has 4 heteroatoms. The maximum Gasteiger partial charge on any atom is 2.00 e. The van der Waals surface area contributed by atoms with Gasteiger partial charge in [-0.25, -0.2) is 0 Å². The van der Waals surface area contributed by atoms with Gasteiger partial charge in [-0.15, -0.1) is 12.4 Å². The van der Waals surface area contributed by atoms with Gasteiger partial charge in [0.2, 0.25) is 0 Å². The first kappa shape index (κ1) is 22.6. The minimum absolute atomic E-state index is 0. The minimum Gasteiger partial charge on any atom is -1.00 e. The van der Waals surface area contributed by atoms with Crippen molar-refractivity contribution < 1.29 is 23.1 Å². The van der Waals surface area contributed by atoms with E-state index in [0.717, 1.165) is 0 Å². The molecule has 0 aliphatic rings. The average Bonchev–Trinajstić information content (AvgIpc) is 1.27. The number of halogens is 1. The number of rotatable bonds is 2. The monoisotopic (exact) mass is 171 g/mol. The van der Waals surface area contributed by atoms with Gasteiger partial charge in [-0.3, -0.25) is 0 Å². The van der Waals surface area contributed by atoms with E-state index in [4.69, 9.17) is 0 Å². The molecule has 0 saturated heterocycles. The molecule has 10 heavy (non-hydrogen) atoms. The van der Waals surface area contributed by atoms with Gasteiger partial charge in [0.05, 0.1) is 0 Å². The molecular weight excluding hydrogens is 153 g/mol. The third-order valence-corrected chi connectivity index (χ3v) is 0.667. The summed E-state index contributed by atoms with van der Waals surface area (Å²) in [4.78, 5) is 0. The molecule has 0 aromatic rings. The van der Waals surface area contributed by atoms with Crippen molar-refractivity contribution in [2.24, 2.45) is 0 Å². The zero-order chi connectivity index (χ0) is 5.86. The molecule has 0 radical (unpaired) electrons. The average molecular weight is 172 g/mol. The first-order chi connectivity index (χ1) is 3.13. The summed E-state index contributed by atoms with van der Waals surface area (Å²) in [6.07, 6.45) is 0. The SMILES string of the molecule is CC(C)NC(C)C.Cl.[H-].[H-].[H-].[Li+].[Mg+2]. The number of hydrogen-bond donors (Lipinski definition) is 1. The van der Waals surface area contributed by atoms with E-state index in [1.165, 1.54) is 0 Å². The van der Waals surface area contributed by atoms with E-state index in [2.05, 4.69) is 33.0 Å². The van der Waals surface area contributed by atoms with E-state index in [9.17, 15) is 0 Å². The molecule has 0 heterocycles. The van der Waals surface area contributed by atoms with Crippen molar-refractivity contribution in [3.63, 3.8) is 0 Å². The van der Waals surface area contributed by atoms with Crippen molar-refractivity contribution >= 4 is 35.5 Å². The molecule has 0 aromatic heterocycles. The molecule has 1 N–H and O–H groups in total. The second kappa shape index (κ2) is 13.2. The van der Waals surface area contributed by atoms with E-state index < -0.39 is 0 Å². The fourth-order valence-electron chi connectivity index (χ4n) is 0.667. The van der Waals surface area contributed by atoms with Crippen molar-refractivity contribution in [3.8, 4) is 0 Å². The molecule has 0 aromatic carbocycles. The molecule has 1 nitrogen and oxygen atoms in total. The molecule has 0 rings (SSSR count). The van der Waals surface area contributed by atoms with Gasteiger partial charge in [0.25, 0.3) is 0 Å². The van der Waals surface area contributed by atoms with E-state index >= 15 is 0 Å². The van der Waals surface area contributed by atoms with Crippen LogP contribution in [0.25, 0.3) is 0 Å². The number of nitrogens with one attached hydrogen (secondary N) is 1. The van der Waals surface area contributed by atoms with Crippen molar-refractivity contribution in [1.82, 2.24) is 5.32 Å². The molecule has 0 fully saturated rings. The second-order valence-electron chi connectivity index (χ2n) is 2.48. The van der Waals surface area contributed by atoms with E-state index in [0.29, 0.717) is 12.1 Å². The minimum atomic E-state index is 0. The zero-order valence-electron chi connectivity index (χ0n) is 10.8. The summed E-state index contributed by atoms with van der Waals surface area (Å²) in [5.74, 6) is 0. The quantitative estimate of drug-likeness (QED) is 0.514. The van der Waals surface area contributed by atoms with Crippen molar-refractivity contribution in [2.75, 3.05) is 0 Å². The van der Waals surface area contributed by atoms with Gasteiger partial charge in [0, 0.05) is 12.1 Å². The summed E-state index contributed by atoms with van der Waals surface area (Å²) in [6.45, 7) is 8.61. The summed E-state index contributed by atoms with van der Waals surface area (Å²) >= 11 is 0. The number of hydrogen-bond acceptors (Lipinski definition) is 1. The smallest absolute Gasteiger partial charge is 1.00 e. The van der Waals surface area contributed by atoms with E-state index in [1.807, 2.05) is 0 Å². The Morgan fingerprint density at radius 3 is 1.20 bits per heavy atom. The van der Waals surface area contributed by atoms with Crippen molar-refractivity contribution in [3.05, 3.63) is 0 Å². The van der Waals surface area contributed by atoms with Gasteiger partial charge >= 0.3 is 41.9 Å². The van der Waals surface area contributed by atoms with Crippen molar-refractivity contribution in [2.45, 2.75) is 39.8 Å². The van der Waals surface area contributed by atoms with Crippen LogP contribution >= 0.6 is 12.4 Å².